The van der Waals surface area contributed by atoms with Crippen LogP contribution in [0.4, 0.5) is 11.6 Å². The van der Waals surface area contributed by atoms with Crippen LogP contribution in [0.5, 0.6) is 0 Å². The van der Waals surface area contributed by atoms with Crippen LogP contribution in [0, 0.1) is 0 Å². The highest BCUT2D eigenvalue weighted by Gasteiger charge is 2.19. The predicted octanol–water partition coefficient (Wildman–Crippen LogP) is 1.20. The summed E-state index contributed by atoms with van der Waals surface area (Å²) < 4.78 is 4.50. The minimum atomic E-state index is -0.170. The van der Waals surface area contributed by atoms with E-state index in [1.807, 2.05) is 30.3 Å². The van der Waals surface area contributed by atoms with Gasteiger partial charge in [-0.25, -0.2) is 4.63 Å². The molecular formula is C11H12N4O2. The van der Waals surface area contributed by atoms with E-state index in [2.05, 4.69) is 14.9 Å². The van der Waals surface area contributed by atoms with Gasteiger partial charge in [-0.05, 0) is 15.9 Å². The number of rotatable bonds is 3. The van der Waals surface area contributed by atoms with Gasteiger partial charge in [0.05, 0.1) is 6.54 Å². The molecule has 0 unspecified atom stereocenters. The van der Waals surface area contributed by atoms with Gasteiger partial charge in [-0.3, -0.25) is 9.69 Å². The molecule has 0 saturated heterocycles. The monoisotopic (exact) mass is 232 g/mol. The van der Waals surface area contributed by atoms with Crippen molar-refractivity contribution in [1.82, 2.24) is 10.3 Å². The third kappa shape index (κ3) is 2.41. The van der Waals surface area contributed by atoms with Crippen LogP contribution in [0.3, 0.4) is 0 Å². The zero-order valence-corrected chi connectivity index (χ0v) is 9.33. The molecule has 6 heteroatoms. The highest BCUT2D eigenvalue weighted by molar-refractivity contribution is 5.92. The number of carbonyl (C=O) groups is 1. The van der Waals surface area contributed by atoms with Crippen LogP contribution in [0.2, 0.25) is 0 Å². The molecule has 0 radical (unpaired) electrons. The van der Waals surface area contributed by atoms with Gasteiger partial charge in [-0.1, -0.05) is 30.3 Å². The van der Waals surface area contributed by atoms with Crippen LogP contribution in [-0.4, -0.2) is 16.2 Å². The van der Waals surface area contributed by atoms with Crippen LogP contribution >= 0.6 is 0 Å². The molecule has 0 aliphatic rings. The molecule has 0 bridgehead atoms. The van der Waals surface area contributed by atoms with Crippen molar-refractivity contribution in [2.45, 2.75) is 13.5 Å². The average molecular weight is 232 g/mol. The van der Waals surface area contributed by atoms with E-state index < -0.39 is 0 Å². The van der Waals surface area contributed by atoms with Crippen LogP contribution in [-0.2, 0) is 11.3 Å². The molecule has 1 amide bonds. The largest absolute Gasteiger partial charge is 0.378 e. The molecule has 0 aliphatic carbocycles. The van der Waals surface area contributed by atoms with Gasteiger partial charge in [-0.15, -0.1) is 0 Å². The Hall–Kier alpha value is -2.37. The summed E-state index contributed by atoms with van der Waals surface area (Å²) in [6.45, 7) is 1.83. The van der Waals surface area contributed by atoms with E-state index in [9.17, 15) is 4.79 Å². The molecule has 0 spiro atoms. The molecule has 6 nitrogen and oxygen atoms in total. The lowest BCUT2D eigenvalue weighted by atomic mass is 10.2. The number of nitrogen functional groups attached to an aromatic ring is 1. The first kappa shape index (κ1) is 11.1. The molecule has 1 aromatic heterocycles. The van der Waals surface area contributed by atoms with E-state index in [0.717, 1.165) is 5.56 Å². The van der Waals surface area contributed by atoms with Crippen molar-refractivity contribution >= 4 is 17.5 Å². The van der Waals surface area contributed by atoms with Crippen molar-refractivity contribution in [3.8, 4) is 0 Å². The van der Waals surface area contributed by atoms with Crippen molar-refractivity contribution < 1.29 is 9.42 Å². The molecule has 1 heterocycles. The Kier molecular flexibility index (Phi) is 3.04. The topological polar surface area (TPSA) is 85.2 Å². The lowest BCUT2D eigenvalue weighted by Gasteiger charge is -2.17. The number of carbonyl (C=O) groups excluding carboxylic acids is 1. The Labute approximate surface area is 98.0 Å². The second-order valence-corrected chi connectivity index (χ2v) is 3.56. The number of anilines is 2. The number of hydrogen-bond donors (Lipinski definition) is 1. The SMILES string of the molecule is CC(=O)N(Cc1ccccc1)c1nonc1N. The summed E-state index contributed by atoms with van der Waals surface area (Å²) in [6, 6.07) is 9.54. The first-order chi connectivity index (χ1) is 8.18. The quantitative estimate of drug-likeness (QED) is 0.859. The van der Waals surface area contributed by atoms with Gasteiger partial charge in [0.25, 0.3) is 0 Å². The van der Waals surface area contributed by atoms with Crippen LogP contribution in [0.25, 0.3) is 0 Å². The normalized spacial score (nSPS) is 10.2. The van der Waals surface area contributed by atoms with Gasteiger partial charge in [-0.2, -0.15) is 0 Å². The zero-order chi connectivity index (χ0) is 12.3. The van der Waals surface area contributed by atoms with Crippen LogP contribution in [0.15, 0.2) is 35.0 Å². The molecule has 0 atom stereocenters. The van der Waals surface area contributed by atoms with E-state index in [0.29, 0.717) is 6.54 Å². The first-order valence-electron chi connectivity index (χ1n) is 5.08. The Morgan fingerprint density at radius 2 is 2.06 bits per heavy atom. The number of aromatic nitrogens is 2. The number of benzene rings is 1. The minimum Gasteiger partial charge on any atom is -0.378 e. The third-order valence-corrected chi connectivity index (χ3v) is 2.31. The van der Waals surface area contributed by atoms with Gasteiger partial charge in [0.15, 0.2) is 0 Å². The summed E-state index contributed by atoms with van der Waals surface area (Å²) in [5.41, 5.74) is 6.55. The molecule has 0 aliphatic heterocycles. The van der Waals surface area contributed by atoms with E-state index in [4.69, 9.17) is 5.73 Å². The maximum Gasteiger partial charge on any atom is 0.225 e. The molecule has 2 N–H and O–H groups in total. The van der Waals surface area contributed by atoms with E-state index in [1.54, 1.807) is 0 Å². The molecule has 0 saturated carbocycles. The Balaban J connectivity index is 2.26. The summed E-state index contributed by atoms with van der Waals surface area (Å²) in [5, 5.41) is 7.09. The van der Waals surface area contributed by atoms with Crippen LogP contribution in [0.1, 0.15) is 12.5 Å². The maximum absolute atomic E-state index is 11.6. The predicted molar refractivity (Wildman–Crippen MR) is 62.0 cm³/mol. The van der Waals surface area contributed by atoms with Crippen molar-refractivity contribution in [2.75, 3.05) is 10.6 Å². The Morgan fingerprint density at radius 1 is 1.35 bits per heavy atom. The lowest BCUT2D eigenvalue weighted by molar-refractivity contribution is -0.116. The van der Waals surface area contributed by atoms with E-state index >= 15 is 0 Å². The molecule has 1 aromatic carbocycles. The van der Waals surface area contributed by atoms with Crippen molar-refractivity contribution in [2.24, 2.45) is 0 Å². The summed E-state index contributed by atoms with van der Waals surface area (Å²) >= 11 is 0. The molecular weight excluding hydrogens is 220 g/mol. The van der Waals surface area contributed by atoms with Gasteiger partial charge < -0.3 is 5.73 Å². The van der Waals surface area contributed by atoms with Gasteiger partial charge >= 0.3 is 0 Å². The highest BCUT2D eigenvalue weighted by atomic mass is 16.6. The number of amides is 1. The standard InChI is InChI=1S/C11H12N4O2/c1-8(16)15(11-10(12)13-17-14-11)7-9-5-3-2-4-6-9/h2-6H,7H2,1H3,(H2,12,13). The maximum atomic E-state index is 11.6. The zero-order valence-electron chi connectivity index (χ0n) is 9.33. The highest BCUT2D eigenvalue weighted by Crippen LogP contribution is 2.20. The van der Waals surface area contributed by atoms with Crippen LogP contribution < -0.4 is 10.6 Å². The molecule has 2 aromatic rings. The smallest absolute Gasteiger partial charge is 0.225 e. The molecule has 2 rings (SSSR count). The number of nitrogens with zero attached hydrogens (tertiary/aromatic N) is 3. The van der Waals surface area contributed by atoms with Crippen molar-refractivity contribution in [3.63, 3.8) is 0 Å². The Bertz CT molecular complexity index is 509. The summed E-state index contributed by atoms with van der Waals surface area (Å²) in [5.74, 6) is 0.189. The number of nitrogens with two attached hydrogens (primary N) is 1. The van der Waals surface area contributed by atoms with E-state index in [1.165, 1.54) is 11.8 Å². The second-order valence-electron chi connectivity index (χ2n) is 3.56. The fourth-order valence-electron chi connectivity index (χ4n) is 1.48. The van der Waals surface area contributed by atoms with Crippen molar-refractivity contribution in [3.05, 3.63) is 35.9 Å². The molecule has 17 heavy (non-hydrogen) atoms. The molecule has 0 fully saturated rings. The number of hydrogen-bond acceptors (Lipinski definition) is 5. The van der Waals surface area contributed by atoms with Gasteiger partial charge in [0, 0.05) is 6.92 Å². The third-order valence-electron chi connectivity index (χ3n) is 2.31. The Morgan fingerprint density at radius 3 is 2.59 bits per heavy atom. The van der Waals surface area contributed by atoms with Gasteiger partial charge in [0.2, 0.25) is 17.5 Å². The van der Waals surface area contributed by atoms with E-state index in [-0.39, 0.29) is 17.5 Å². The summed E-state index contributed by atoms with van der Waals surface area (Å²) in [6.07, 6.45) is 0. The fraction of sp³-hybridized carbons (Fsp3) is 0.182. The lowest BCUT2D eigenvalue weighted by Crippen LogP contribution is -2.28. The minimum absolute atomic E-state index is 0.108. The van der Waals surface area contributed by atoms with Crippen molar-refractivity contribution in [1.29, 1.82) is 0 Å². The molecule has 88 valence electrons. The fourth-order valence-corrected chi connectivity index (χ4v) is 1.48. The van der Waals surface area contributed by atoms with Gasteiger partial charge in [0.1, 0.15) is 0 Å². The first-order valence-corrected chi connectivity index (χ1v) is 5.08. The summed E-state index contributed by atoms with van der Waals surface area (Å²) in [7, 11) is 0. The average Bonchev–Trinajstić information content (AvgIpc) is 2.73. The second kappa shape index (κ2) is 4.65. The summed E-state index contributed by atoms with van der Waals surface area (Å²) in [4.78, 5) is 13.0.